The van der Waals surface area contributed by atoms with Crippen molar-refractivity contribution in [3.8, 4) is 0 Å². The number of allylic oxidation sites excluding steroid dienone is 1. The molecular formula is C26H42O10S. The topological polar surface area (TPSA) is 116 Å². The van der Waals surface area contributed by atoms with Crippen LogP contribution < -0.4 is 0 Å². The summed E-state index contributed by atoms with van der Waals surface area (Å²) in [5.41, 5.74) is 1.09. The molecule has 4 aliphatic rings. The fraction of sp³-hybridized carbons (Fsp3) is 0.885. The highest BCUT2D eigenvalue weighted by Gasteiger charge is 2.48. The number of hydrogen-bond acceptors (Lipinski definition) is 10. The monoisotopic (exact) mass is 546 g/mol. The number of methoxy groups -OCH3 is 1. The van der Waals surface area contributed by atoms with Crippen molar-refractivity contribution < 1.29 is 45.8 Å². The van der Waals surface area contributed by atoms with E-state index in [1.807, 2.05) is 0 Å². The summed E-state index contributed by atoms with van der Waals surface area (Å²) in [4.78, 5) is 11.5. The lowest BCUT2D eigenvalue weighted by atomic mass is 9.88. The zero-order valence-corrected chi connectivity index (χ0v) is 22.8. The van der Waals surface area contributed by atoms with Crippen LogP contribution in [0.1, 0.15) is 51.4 Å². The number of rotatable bonds is 13. The maximum Gasteiger partial charge on any atom is 0.331 e. The molecule has 4 rings (SSSR count). The summed E-state index contributed by atoms with van der Waals surface area (Å²) in [5.74, 6) is -0.0111. The number of esters is 1. The molecule has 2 aliphatic heterocycles. The van der Waals surface area contributed by atoms with Crippen LogP contribution in [0.15, 0.2) is 11.6 Å². The molecular weight excluding hydrogens is 504 g/mol. The van der Waals surface area contributed by atoms with Gasteiger partial charge in [-0.15, -0.1) is 0 Å². The maximum absolute atomic E-state index is 11.7. The van der Waals surface area contributed by atoms with Crippen LogP contribution in [0.4, 0.5) is 0 Å². The largest absolute Gasteiger partial charge is 0.467 e. The first kappa shape index (κ1) is 28.9. The lowest BCUT2D eigenvalue weighted by Gasteiger charge is -2.32. The van der Waals surface area contributed by atoms with Crippen molar-refractivity contribution in [3.63, 3.8) is 0 Å². The Labute approximate surface area is 220 Å². The predicted molar refractivity (Wildman–Crippen MR) is 133 cm³/mol. The minimum Gasteiger partial charge on any atom is -0.467 e. The summed E-state index contributed by atoms with van der Waals surface area (Å²) in [5, 5.41) is 0. The Bertz CT molecular complexity index is 863. The first-order valence-corrected chi connectivity index (χ1v) is 15.3. The van der Waals surface area contributed by atoms with Crippen molar-refractivity contribution in [2.24, 2.45) is 23.7 Å². The molecule has 10 nitrogen and oxygen atoms in total. The van der Waals surface area contributed by atoms with E-state index in [9.17, 15) is 13.2 Å². The van der Waals surface area contributed by atoms with Crippen LogP contribution in [0.5, 0.6) is 0 Å². The Balaban J connectivity index is 1.42. The smallest absolute Gasteiger partial charge is 0.331 e. The zero-order chi connectivity index (χ0) is 26.3. The van der Waals surface area contributed by atoms with Crippen LogP contribution in [-0.2, 0) is 47.5 Å². The van der Waals surface area contributed by atoms with Gasteiger partial charge in [0.1, 0.15) is 6.61 Å². The van der Waals surface area contributed by atoms with Crippen molar-refractivity contribution in [2.45, 2.75) is 70.1 Å². The van der Waals surface area contributed by atoms with Crippen LogP contribution in [0.25, 0.3) is 0 Å². The van der Waals surface area contributed by atoms with Crippen molar-refractivity contribution in [1.29, 1.82) is 0 Å². The molecule has 0 spiro atoms. The van der Waals surface area contributed by atoms with Crippen LogP contribution in [0.2, 0.25) is 0 Å². The molecule has 0 bridgehead atoms. The molecule has 0 aromatic carbocycles. The van der Waals surface area contributed by atoms with Gasteiger partial charge in [-0.2, -0.15) is 8.42 Å². The van der Waals surface area contributed by atoms with Gasteiger partial charge in [0.25, 0.3) is 10.1 Å². The first-order valence-electron chi connectivity index (χ1n) is 13.5. The molecule has 3 fully saturated rings. The van der Waals surface area contributed by atoms with Crippen LogP contribution in [-0.4, -0.2) is 86.1 Å². The Morgan fingerprint density at radius 1 is 1.08 bits per heavy atom. The lowest BCUT2D eigenvalue weighted by molar-refractivity contribution is -0.211. The molecule has 0 aromatic heterocycles. The zero-order valence-electron chi connectivity index (χ0n) is 22.0. The van der Waals surface area contributed by atoms with Gasteiger partial charge in [0.15, 0.2) is 12.6 Å². The van der Waals surface area contributed by atoms with Crippen molar-refractivity contribution in [2.75, 3.05) is 53.0 Å². The van der Waals surface area contributed by atoms with Crippen molar-refractivity contribution in [1.82, 2.24) is 0 Å². The highest BCUT2D eigenvalue weighted by Crippen LogP contribution is 2.50. The minimum absolute atomic E-state index is 0.0285. The van der Waals surface area contributed by atoms with Crippen LogP contribution >= 0.6 is 0 Å². The van der Waals surface area contributed by atoms with Gasteiger partial charge >= 0.3 is 5.97 Å². The summed E-state index contributed by atoms with van der Waals surface area (Å²) < 4.78 is 63.1. The summed E-state index contributed by atoms with van der Waals surface area (Å²) >= 11 is 0. The molecule has 0 N–H and O–H groups in total. The normalized spacial score (nSPS) is 33.1. The molecule has 2 aliphatic carbocycles. The van der Waals surface area contributed by atoms with Crippen LogP contribution in [0, 0.1) is 23.7 Å². The first-order chi connectivity index (χ1) is 17.8. The highest BCUT2D eigenvalue weighted by molar-refractivity contribution is 7.85. The van der Waals surface area contributed by atoms with Gasteiger partial charge < -0.3 is 28.4 Å². The Morgan fingerprint density at radius 2 is 1.81 bits per heavy atom. The number of carbonyl (C=O) groups is 1. The third-order valence-corrected chi connectivity index (χ3v) is 8.40. The molecule has 2 heterocycles. The van der Waals surface area contributed by atoms with E-state index in [0.717, 1.165) is 76.4 Å². The molecule has 2 saturated heterocycles. The Hall–Kier alpha value is -1.08. The fourth-order valence-corrected chi connectivity index (χ4v) is 6.31. The predicted octanol–water partition coefficient (Wildman–Crippen LogP) is 2.81. The van der Waals surface area contributed by atoms with Crippen molar-refractivity contribution in [3.05, 3.63) is 11.6 Å². The lowest BCUT2D eigenvalue weighted by Crippen LogP contribution is -2.35. The second-order valence-corrected chi connectivity index (χ2v) is 12.2. The van der Waals surface area contributed by atoms with Gasteiger partial charge in [-0.1, -0.05) is 11.6 Å². The Morgan fingerprint density at radius 3 is 2.46 bits per heavy atom. The summed E-state index contributed by atoms with van der Waals surface area (Å²) in [6, 6.07) is 0. The number of hydrogen-bond donors (Lipinski definition) is 0. The summed E-state index contributed by atoms with van der Waals surface area (Å²) in [6.07, 6.45) is 10.8. The number of carbonyl (C=O) groups excluding carboxylic acids is 1. The van der Waals surface area contributed by atoms with Gasteiger partial charge in [-0.3, -0.25) is 4.18 Å². The van der Waals surface area contributed by atoms with Gasteiger partial charge in [0.05, 0.1) is 39.3 Å². The summed E-state index contributed by atoms with van der Waals surface area (Å²) in [6.45, 7) is 1.96. The molecule has 0 radical (unpaired) electrons. The molecule has 7 atom stereocenters. The van der Waals surface area contributed by atoms with Crippen LogP contribution in [0.3, 0.4) is 0 Å². The van der Waals surface area contributed by atoms with E-state index in [-0.39, 0.29) is 56.3 Å². The highest BCUT2D eigenvalue weighted by atomic mass is 32.2. The molecule has 0 aromatic rings. The van der Waals surface area contributed by atoms with E-state index in [1.165, 1.54) is 7.11 Å². The SMILES string of the molecule is COC(=O)COCC(COS(C)(=O)=O)C1=CC2C[C@@H](OC3CCCCO3)[C@H](COC3CCCCO3)C2C1. The van der Waals surface area contributed by atoms with Gasteiger partial charge in [0, 0.05) is 25.0 Å². The van der Waals surface area contributed by atoms with E-state index in [4.69, 9.17) is 27.9 Å². The third kappa shape index (κ3) is 8.71. The molecule has 212 valence electrons. The standard InChI is InChI=1S/C26H42O10S/c1-30-24(27)17-31-14-20(15-35-37(2,28)29)18-11-19-13-23(36-26-8-4-6-10-33-26)22(21(19)12-18)16-34-25-7-3-5-9-32-25/h11,19-23,25-26H,3-10,12-17H2,1-2H3/t19?,20?,21?,22-,23-,25?,26?/m1/s1. The van der Waals surface area contributed by atoms with E-state index in [0.29, 0.717) is 12.5 Å². The second kappa shape index (κ2) is 13.8. The van der Waals surface area contributed by atoms with Crippen molar-refractivity contribution >= 4 is 16.1 Å². The summed E-state index contributed by atoms with van der Waals surface area (Å²) in [7, 11) is -2.31. The van der Waals surface area contributed by atoms with E-state index in [1.54, 1.807) is 0 Å². The van der Waals surface area contributed by atoms with Gasteiger partial charge in [-0.05, 0) is 63.2 Å². The van der Waals surface area contributed by atoms with E-state index < -0.39 is 16.1 Å². The number of fused-ring (bicyclic) bond motifs is 1. The minimum atomic E-state index is -3.61. The number of ether oxygens (including phenoxy) is 6. The molecule has 1 saturated carbocycles. The molecule has 0 amide bonds. The second-order valence-electron chi connectivity index (χ2n) is 10.5. The average molecular weight is 547 g/mol. The van der Waals surface area contributed by atoms with Gasteiger partial charge in [-0.25, -0.2) is 4.79 Å². The molecule has 37 heavy (non-hydrogen) atoms. The third-order valence-electron chi connectivity index (χ3n) is 7.83. The maximum atomic E-state index is 11.7. The van der Waals surface area contributed by atoms with E-state index >= 15 is 0 Å². The van der Waals surface area contributed by atoms with Gasteiger partial charge in [0.2, 0.25) is 0 Å². The fourth-order valence-electron chi connectivity index (χ4n) is 5.90. The quantitative estimate of drug-likeness (QED) is 0.194. The Kier molecular flexibility index (Phi) is 10.8. The average Bonchev–Trinajstić information content (AvgIpc) is 3.43. The molecule has 11 heteroatoms. The molecule has 5 unspecified atom stereocenters. The van der Waals surface area contributed by atoms with E-state index in [2.05, 4.69) is 10.8 Å².